The molecule has 0 unspecified atom stereocenters. The van der Waals surface area contributed by atoms with E-state index in [0.717, 1.165) is 0 Å². The van der Waals surface area contributed by atoms with Gasteiger partial charge in [-0.05, 0) is 24.3 Å². The Hall–Kier alpha value is -1.95. The van der Waals surface area contributed by atoms with Crippen LogP contribution in [0, 0.1) is 5.82 Å². The summed E-state index contributed by atoms with van der Waals surface area (Å²) < 4.78 is 39.1. The van der Waals surface area contributed by atoms with Crippen LogP contribution in [0.5, 0.6) is 0 Å². The molecule has 0 bridgehead atoms. The molecule has 88 valence electrons. The fourth-order valence-electron chi connectivity index (χ4n) is 1.25. The van der Waals surface area contributed by atoms with Gasteiger partial charge < -0.3 is 0 Å². The number of anilines is 1. The molecule has 0 aliphatic heterocycles. The second kappa shape index (κ2) is 4.50. The van der Waals surface area contributed by atoms with Crippen LogP contribution in [0.2, 0.25) is 0 Å². The molecule has 0 radical (unpaired) electrons. The van der Waals surface area contributed by atoms with Crippen molar-refractivity contribution in [3.05, 3.63) is 54.6 Å². The quantitative estimate of drug-likeness (QED) is 0.909. The SMILES string of the molecule is O=S(=O)(Nc1ccccc1F)c1cccnc1. The molecule has 2 rings (SSSR count). The lowest BCUT2D eigenvalue weighted by atomic mass is 10.3. The van der Waals surface area contributed by atoms with Crippen LogP contribution < -0.4 is 4.72 Å². The summed E-state index contributed by atoms with van der Waals surface area (Å²) in [6.45, 7) is 0. The van der Waals surface area contributed by atoms with E-state index in [1.165, 1.54) is 42.7 Å². The van der Waals surface area contributed by atoms with E-state index in [0.29, 0.717) is 0 Å². The third-order valence-electron chi connectivity index (χ3n) is 2.06. The molecule has 0 spiro atoms. The van der Waals surface area contributed by atoms with Crippen molar-refractivity contribution < 1.29 is 12.8 Å². The third kappa shape index (κ3) is 2.59. The number of pyridine rings is 1. The van der Waals surface area contributed by atoms with Gasteiger partial charge in [0.05, 0.1) is 5.69 Å². The van der Waals surface area contributed by atoms with E-state index in [-0.39, 0.29) is 10.6 Å². The summed E-state index contributed by atoms with van der Waals surface area (Å²) in [7, 11) is -3.79. The van der Waals surface area contributed by atoms with Crippen molar-refractivity contribution in [2.45, 2.75) is 4.90 Å². The van der Waals surface area contributed by atoms with Crippen molar-refractivity contribution in [1.82, 2.24) is 4.98 Å². The fraction of sp³-hybridized carbons (Fsp3) is 0. The van der Waals surface area contributed by atoms with Gasteiger partial charge >= 0.3 is 0 Å². The van der Waals surface area contributed by atoms with Gasteiger partial charge in [-0.15, -0.1) is 0 Å². The zero-order valence-electron chi connectivity index (χ0n) is 8.67. The van der Waals surface area contributed by atoms with Gasteiger partial charge in [0.1, 0.15) is 10.7 Å². The Bertz CT molecular complexity index is 614. The van der Waals surface area contributed by atoms with Gasteiger partial charge in [-0.2, -0.15) is 0 Å². The zero-order chi connectivity index (χ0) is 12.3. The summed E-state index contributed by atoms with van der Waals surface area (Å²) in [5.74, 6) is -0.625. The summed E-state index contributed by atoms with van der Waals surface area (Å²) in [6, 6.07) is 8.44. The molecule has 0 amide bonds. The van der Waals surface area contributed by atoms with Crippen molar-refractivity contribution in [3.8, 4) is 0 Å². The summed E-state index contributed by atoms with van der Waals surface area (Å²) in [5, 5.41) is 0. The molecule has 1 N–H and O–H groups in total. The van der Waals surface area contributed by atoms with Gasteiger partial charge in [0.25, 0.3) is 10.0 Å². The number of rotatable bonds is 3. The van der Waals surface area contributed by atoms with Crippen LogP contribution in [0.3, 0.4) is 0 Å². The van der Waals surface area contributed by atoms with E-state index in [9.17, 15) is 12.8 Å². The number of sulfonamides is 1. The number of para-hydroxylation sites is 1. The molecule has 0 saturated carbocycles. The Morgan fingerprint density at radius 2 is 1.88 bits per heavy atom. The van der Waals surface area contributed by atoms with E-state index in [4.69, 9.17) is 0 Å². The standard InChI is InChI=1S/C11H9FN2O2S/c12-10-5-1-2-6-11(10)14-17(15,16)9-4-3-7-13-8-9/h1-8,14H. The Labute approximate surface area is 98.2 Å². The first-order valence-electron chi connectivity index (χ1n) is 4.77. The van der Waals surface area contributed by atoms with Gasteiger partial charge in [-0.25, -0.2) is 12.8 Å². The first-order chi connectivity index (χ1) is 8.09. The molecule has 0 saturated heterocycles. The number of benzene rings is 1. The van der Waals surface area contributed by atoms with Crippen LogP contribution in [0.1, 0.15) is 0 Å². The lowest BCUT2D eigenvalue weighted by molar-refractivity contribution is 0.598. The molecular weight excluding hydrogens is 243 g/mol. The fourth-order valence-corrected chi connectivity index (χ4v) is 2.28. The minimum absolute atomic E-state index is 0.0109. The summed E-state index contributed by atoms with van der Waals surface area (Å²) in [4.78, 5) is 3.69. The van der Waals surface area contributed by atoms with Crippen LogP contribution in [0.15, 0.2) is 53.7 Å². The van der Waals surface area contributed by atoms with Gasteiger partial charge in [-0.3, -0.25) is 9.71 Å². The first kappa shape index (κ1) is 11.5. The van der Waals surface area contributed by atoms with Gasteiger partial charge in [0, 0.05) is 12.4 Å². The topological polar surface area (TPSA) is 59.1 Å². The Kier molecular flexibility index (Phi) is 3.06. The van der Waals surface area contributed by atoms with E-state index in [1.807, 2.05) is 0 Å². The lowest BCUT2D eigenvalue weighted by Crippen LogP contribution is -2.14. The summed E-state index contributed by atoms with van der Waals surface area (Å²) >= 11 is 0. The molecule has 0 aliphatic carbocycles. The van der Waals surface area contributed by atoms with Crippen LogP contribution in [0.4, 0.5) is 10.1 Å². The molecule has 0 fully saturated rings. The van der Waals surface area contributed by atoms with Gasteiger partial charge in [0.2, 0.25) is 0 Å². The maximum atomic E-state index is 13.3. The van der Waals surface area contributed by atoms with Gasteiger partial charge in [-0.1, -0.05) is 12.1 Å². The van der Waals surface area contributed by atoms with Crippen molar-refractivity contribution in [3.63, 3.8) is 0 Å². The summed E-state index contributed by atoms with van der Waals surface area (Å²) in [5.41, 5.74) is -0.0867. The van der Waals surface area contributed by atoms with Crippen LogP contribution in [-0.4, -0.2) is 13.4 Å². The molecule has 1 aromatic heterocycles. The van der Waals surface area contributed by atoms with E-state index in [2.05, 4.69) is 9.71 Å². The van der Waals surface area contributed by atoms with E-state index < -0.39 is 15.8 Å². The van der Waals surface area contributed by atoms with E-state index >= 15 is 0 Å². The normalized spacial score (nSPS) is 11.1. The smallest absolute Gasteiger partial charge is 0.263 e. The zero-order valence-corrected chi connectivity index (χ0v) is 9.49. The monoisotopic (exact) mass is 252 g/mol. The molecule has 17 heavy (non-hydrogen) atoms. The molecular formula is C11H9FN2O2S. The molecule has 2 aromatic rings. The number of nitrogens with one attached hydrogen (secondary N) is 1. The first-order valence-corrected chi connectivity index (χ1v) is 6.25. The molecule has 1 aromatic carbocycles. The molecule has 4 nitrogen and oxygen atoms in total. The molecule has 1 heterocycles. The number of hydrogen-bond donors (Lipinski definition) is 1. The summed E-state index contributed by atoms with van der Waals surface area (Å²) in [6.07, 6.45) is 2.66. The van der Waals surface area contributed by atoms with Crippen molar-refractivity contribution in [2.24, 2.45) is 0 Å². The predicted octanol–water partition coefficient (Wildman–Crippen LogP) is 2.02. The number of aromatic nitrogens is 1. The highest BCUT2D eigenvalue weighted by molar-refractivity contribution is 7.92. The van der Waals surface area contributed by atoms with E-state index in [1.54, 1.807) is 6.07 Å². The van der Waals surface area contributed by atoms with Crippen LogP contribution >= 0.6 is 0 Å². The van der Waals surface area contributed by atoms with Crippen molar-refractivity contribution in [1.29, 1.82) is 0 Å². The molecule has 0 atom stereocenters. The number of hydrogen-bond acceptors (Lipinski definition) is 3. The minimum Gasteiger partial charge on any atom is -0.277 e. The highest BCUT2D eigenvalue weighted by Gasteiger charge is 2.15. The highest BCUT2D eigenvalue weighted by Crippen LogP contribution is 2.17. The number of nitrogens with zero attached hydrogens (tertiary/aromatic N) is 1. The average Bonchev–Trinajstić information content (AvgIpc) is 2.33. The second-order valence-electron chi connectivity index (χ2n) is 3.27. The van der Waals surface area contributed by atoms with Crippen molar-refractivity contribution in [2.75, 3.05) is 4.72 Å². The minimum atomic E-state index is -3.79. The van der Waals surface area contributed by atoms with Crippen LogP contribution in [-0.2, 0) is 10.0 Å². The largest absolute Gasteiger partial charge is 0.277 e. The van der Waals surface area contributed by atoms with Crippen LogP contribution in [0.25, 0.3) is 0 Å². The maximum absolute atomic E-state index is 13.3. The Morgan fingerprint density at radius 3 is 2.53 bits per heavy atom. The molecule has 0 aliphatic rings. The third-order valence-corrected chi connectivity index (χ3v) is 3.41. The Morgan fingerprint density at radius 1 is 1.12 bits per heavy atom. The maximum Gasteiger partial charge on any atom is 0.263 e. The lowest BCUT2D eigenvalue weighted by Gasteiger charge is -2.07. The van der Waals surface area contributed by atoms with Crippen molar-refractivity contribution >= 4 is 15.7 Å². The van der Waals surface area contributed by atoms with Gasteiger partial charge in [0.15, 0.2) is 0 Å². The molecule has 6 heteroatoms. The second-order valence-corrected chi connectivity index (χ2v) is 4.96. The predicted molar refractivity (Wildman–Crippen MR) is 61.4 cm³/mol. The average molecular weight is 252 g/mol. The highest BCUT2D eigenvalue weighted by atomic mass is 32.2. The number of halogens is 1. The Balaban J connectivity index is 2.34.